The van der Waals surface area contributed by atoms with Crippen LogP contribution in [0.2, 0.25) is 5.02 Å². The highest BCUT2D eigenvalue weighted by Crippen LogP contribution is 2.30. The minimum absolute atomic E-state index is 0.0278. The number of carbonyl (C=O) groups excluding carboxylic acids is 1. The zero-order valence-electron chi connectivity index (χ0n) is 18.1. The second-order valence-corrected chi connectivity index (χ2v) is 8.02. The summed E-state index contributed by atoms with van der Waals surface area (Å²) in [5.41, 5.74) is 2.38. The molecule has 0 aromatic heterocycles. The molecule has 0 saturated carbocycles. The number of rotatable bonds is 6. The van der Waals surface area contributed by atoms with Crippen molar-refractivity contribution in [2.75, 3.05) is 48.4 Å². The molecule has 1 heterocycles. The smallest absolute Gasteiger partial charge is 0.337 e. The number of anilines is 3. The summed E-state index contributed by atoms with van der Waals surface area (Å²) in [7, 11) is 1.66. The van der Waals surface area contributed by atoms with E-state index in [2.05, 4.69) is 15.1 Å². The van der Waals surface area contributed by atoms with Gasteiger partial charge in [-0.3, -0.25) is 4.79 Å². The summed E-state index contributed by atoms with van der Waals surface area (Å²) >= 11 is 6.09. The number of para-hydroxylation sites is 2. The van der Waals surface area contributed by atoms with Crippen LogP contribution in [0.3, 0.4) is 0 Å². The van der Waals surface area contributed by atoms with Crippen LogP contribution in [-0.4, -0.2) is 50.3 Å². The monoisotopic (exact) mass is 465 g/mol. The largest absolute Gasteiger partial charge is 0.495 e. The SMILES string of the molecule is COc1ccccc1N1CCN(c2ccc(NC(=O)c3ccccc3Cl)c(C(=O)O)c2)CC1. The molecular weight excluding hydrogens is 442 g/mol. The number of halogens is 1. The fraction of sp³-hybridized carbons (Fsp3) is 0.200. The van der Waals surface area contributed by atoms with E-state index < -0.39 is 11.9 Å². The number of amides is 1. The first-order valence-corrected chi connectivity index (χ1v) is 10.9. The number of benzene rings is 3. The van der Waals surface area contributed by atoms with Gasteiger partial charge in [-0.25, -0.2) is 4.79 Å². The van der Waals surface area contributed by atoms with E-state index in [1.54, 1.807) is 43.5 Å². The van der Waals surface area contributed by atoms with Crippen molar-refractivity contribution in [2.24, 2.45) is 0 Å². The minimum atomic E-state index is -1.11. The second-order valence-electron chi connectivity index (χ2n) is 7.61. The van der Waals surface area contributed by atoms with Crippen molar-refractivity contribution < 1.29 is 19.4 Å². The number of hydrogen-bond donors (Lipinski definition) is 2. The predicted molar refractivity (Wildman–Crippen MR) is 130 cm³/mol. The second kappa shape index (κ2) is 9.83. The first kappa shape index (κ1) is 22.5. The molecule has 1 aliphatic rings. The first-order valence-electron chi connectivity index (χ1n) is 10.5. The van der Waals surface area contributed by atoms with Gasteiger partial charge in [-0.15, -0.1) is 0 Å². The molecule has 1 amide bonds. The Kier molecular flexibility index (Phi) is 6.70. The van der Waals surface area contributed by atoms with E-state index in [1.807, 2.05) is 30.3 Å². The Morgan fingerprint density at radius 2 is 1.58 bits per heavy atom. The average molecular weight is 466 g/mol. The summed E-state index contributed by atoms with van der Waals surface area (Å²) in [6, 6.07) is 19.6. The van der Waals surface area contributed by atoms with E-state index in [0.717, 1.165) is 43.3 Å². The maximum Gasteiger partial charge on any atom is 0.337 e. The van der Waals surface area contributed by atoms with E-state index >= 15 is 0 Å². The van der Waals surface area contributed by atoms with Gasteiger partial charge in [-0.05, 0) is 42.5 Å². The number of aromatic carboxylic acids is 1. The zero-order valence-corrected chi connectivity index (χ0v) is 18.9. The molecule has 0 radical (unpaired) electrons. The molecule has 4 rings (SSSR count). The molecule has 0 aliphatic carbocycles. The molecule has 1 aliphatic heterocycles. The summed E-state index contributed by atoms with van der Waals surface area (Å²) in [5.74, 6) is -0.738. The quantitative estimate of drug-likeness (QED) is 0.552. The lowest BCUT2D eigenvalue weighted by Crippen LogP contribution is -2.46. The van der Waals surface area contributed by atoms with Gasteiger partial charge in [0.1, 0.15) is 5.75 Å². The first-order chi connectivity index (χ1) is 16.0. The maximum absolute atomic E-state index is 12.6. The molecule has 8 heteroatoms. The van der Waals surface area contributed by atoms with E-state index in [4.69, 9.17) is 16.3 Å². The fourth-order valence-electron chi connectivity index (χ4n) is 3.95. The van der Waals surface area contributed by atoms with Crippen molar-refractivity contribution in [1.29, 1.82) is 0 Å². The van der Waals surface area contributed by atoms with Crippen molar-refractivity contribution in [2.45, 2.75) is 0 Å². The van der Waals surface area contributed by atoms with Crippen molar-refractivity contribution in [1.82, 2.24) is 0 Å². The van der Waals surface area contributed by atoms with Gasteiger partial charge in [0.05, 0.1) is 34.6 Å². The molecule has 0 atom stereocenters. The Labute approximate surface area is 197 Å². The average Bonchev–Trinajstić information content (AvgIpc) is 2.84. The highest BCUT2D eigenvalue weighted by atomic mass is 35.5. The van der Waals surface area contributed by atoms with Crippen LogP contribution in [0.4, 0.5) is 17.1 Å². The number of nitrogens with one attached hydrogen (secondary N) is 1. The highest BCUT2D eigenvalue weighted by Gasteiger charge is 2.22. The molecule has 7 nitrogen and oxygen atoms in total. The Bertz CT molecular complexity index is 1180. The molecule has 0 spiro atoms. The van der Waals surface area contributed by atoms with Crippen LogP contribution in [0, 0.1) is 0 Å². The van der Waals surface area contributed by atoms with Crippen LogP contribution >= 0.6 is 11.6 Å². The number of ether oxygens (including phenoxy) is 1. The zero-order chi connectivity index (χ0) is 23.4. The number of nitrogens with zero attached hydrogens (tertiary/aromatic N) is 2. The predicted octanol–water partition coefficient (Wildman–Crippen LogP) is 4.63. The molecule has 2 N–H and O–H groups in total. The molecular formula is C25H24ClN3O4. The van der Waals surface area contributed by atoms with Gasteiger partial charge in [-0.2, -0.15) is 0 Å². The van der Waals surface area contributed by atoms with Gasteiger partial charge in [0, 0.05) is 31.9 Å². The number of carboxylic acid groups (broad SMARTS) is 1. The molecule has 3 aromatic carbocycles. The van der Waals surface area contributed by atoms with Crippen LogP contribution in [0.5, 0.6) is 5.75 Å². The van der Waals surface area contributed by atoms with Gasteiger partial charge in [0.15, 0.2) is 0 Å². The summed E-state index contributed by atoms with van der Waals surface area (Å²) < 4.78 is 5.47. The number of hydrogen-bond acceptors (Lipinski definition) is 5. The van der Waals surface area contributed by atoms with Gasteiger partial charge in [0.2, 0.25) is 0 Å². The molecule has 3 aromatic rings. The summed E-state index contributed by atoms with van der Waals surface area (Å²) in [6.45, 7) is 2.99. The van der Waals surface area contributed by atoms with Crippen molar-refractivity contribution in [3.8, 4) is 5.75 Å². The highest BCUT2D eigenvalue weighted by molar-refractivity contribution is 6.34. The van der Waals surface area contributed by atoms with Crippen LogP contribution < -0.4 is 19.9 Å². The summed E-state index contributed by atoms with van der Waals surface area (Å²) in [4.78, 5) is 28.9. The number of carboxylic acids is 1. The molecule has 0 bridgehead atoms. The Hall–Kier alpha value is -3.71. The van der Waals surface area contributed by atoms with Gasteiger partial charge in [-0.1, -0.05) is 35.9 Å². The van der Waals surface area contributed by atoms with Crippen LogP contribution in [0.15, 0.2) is 66.7 Å². The summed E-state index contributed by atoms with van der Waals surface area (Å²) in [6.07, 6.45) is 0. The topological polar surface area (TPSA) is 82.1 Å². The number of piperazine rings is 1. The third kappa shape index (κ3) is 4.88. The van der Waals surface area contributed by atoms with Crippen molar-refractivity contribution in [3.63, 3.8) is 0 Å². The van der Waals surface area contributed by atoms with E-state index in [1.165, 1.54) is 0 Å². The number of carbonyl (C=O) groups is 2. The number of methoxy groups -OCH3 is 1. The van der Waals surface area contributed by atoms with Gasteiger partial charge >= 0.3 is 5.97 Å². The van der Waals surface area contributed by atoms with Crippen LogP contribution in [0.25, 0.3) is 0 Å². The van der Waals surface area contributed by atoms with E-state index in [0.29, 0.717) is 5.02 Å². The normalized spacial score (nSPS) is 13.5. The summed E-state index contributed by atoms with van der Waals surface area (Å²) in [5, 5.41) is 12.7. The van der Waals surface area contributed by atoms with Gasteiger partial charge in [0.25, 0.3) is 5.91 Å². The fourth-order valence-corrected chi connectivity index (χ4v) is 4.17. The Morgan fingerprint density at radius 3 is 2.27 bits per heavy atom. The van der Waals surface area contributed by atoms with Gasteiger partial charge < -0.3 is 25.0 Å². The molecule has 1 fully saturated rings. The molecule has 1 saturated heterocycles. The van der Waals surface area contributed by atoms with Crippen molar-refractivity contribution in [3.05, 3.63) is 82.9 Å². The molecule has 33 heavy (non-hydrogen) atoms. The van der Waals surface area contributed by atoms with E-state index in [9.17, 15) is 14.7 Å². The lowest BCUT2D eigenvalue weighted by atomic mass is 10.1. The lowest BCUT2D eigenvalue weighted by Gasteiger charge is -2.38. The standard InChI is InChI=1S/C25H24ClN3O4/c1-33-23-9-5-4-8-22(23)29-14-12-28(13-15-29)17-10-11-21(19(16-17)25(31)32)27-24(30)18-6-2-3-7-20(18)26/h2-11,16H,12-15H2,1H3,(H,27,30)(H,31,32). The maximum atomic E-state index is 12.6. The molecule has 0 unspecified atom stereocenters. The van der Waals surface area contributed by atoms with E-state index in [-0.39, 0.29) is 16.8 Å². The Balaban J connectivity index is 1.50. The molecule has 170 valence electrons. The third-order valence-electron chi connectivity index (χ3n) is 5.67. The van der Waals surface area contributed by atoms with Crippen molar-refractivity contribution >= 4 is 40.5 Å². The van der Waals surface area contributed by atoms with Crippen LogP contribution in [-0.2, 0) is 0 Å². The minimum Gasteiger partial charge on any atom is -0.495 e. The lowest BCUT2D eigenvalue weighted by molar-refractivity contribution is 0.0698. The van der Waals surface area contributed by atoms with Crippen LogP contribution in [0.1, 0.15) is 20.7 Å². The Morgan fingerprint density at radius 1 is 0.909 bits per heavy atom. The third-order valence-corrected chi connectivity index (χ3v) is 6.00.